The fraction of sp³-hybridized carbons (Fsp3) is 0.500. The molecule has 0 unspecified atom stereocenters. The van der Waals surface area contributed by atoms with Crippen molar-refractivity contribution < 1.29 is 14.9 Å². The van der Waals surface area contributed by atoms with E-state index in [4.69, 9.17) is 14.9 Å². The number of rotatable bonds is 6. The summed E-state index contributed by atoms with van der Waals surface area (Å²) in [7, 11) is 1.60. The summed E-state index contributed by atoms with van der Waals surface area (Å²) in [6.45, 7) is 1.84. The second kappa shape index (κ2) is 6.35. The molecule has 0 heterocycles. The van der Waals surface area contributed by atoms with Crippen LogP contribution in [0.2, 0.25) is 0 Å². The molecule has 0 saturated carbocycles. The smallest absolute Gasteiger partial charge is 0.141 e. The first-order chi connectivity index (χ1) is 7.74. The van der Waals surface area contributed by atoms with E-state index in [9.17, 15) is 0 Å². The van der Waals surface area contributed by atoms with Crippen LogP contribution >= 0.6 is 0 Å². The average Bonchev–Trinajstić information content (AvgIpc) is 2.35. The Morgan fingerprint density at radius 3 is 2.50 bits per heavy atom. The highest BCUT2D eigenvalue weighted by Crippen LogP contribution is 2.26. The summed E-state index contributed by atoms with van der Waals surface area (Å²) >= 11 is 0. The van der Waals surface area contributed by atoms with E-state index in [1.54, 1.807) is 7.11 Å². The molecule has 0 fully saturated rings. The minimum absolute atomic E-state index is 0.115. The molecule has 4 nitrogen and oxygen atoms in total. The van der Waals surface area contributed by atoms with E-state index in [1.807, 2.05) is 18.2 Å². The van der Waals surface area contributed by atoms with Gasteiger partial charge in [0, 0.05) is 0 Å². The summed E-state index contributed by atoms with van der Waals surface area (Å²) in [6, 6.07) is 5.49. The average molecular weight is 225 g/mol. The minimum Gasteiger partial charge on any atom is -0.495 e. The van der Waals surface area contributed by atoms with Gasteiger partial charge in [0.15, 0.2) is 0 Å². The first-order valence-corrected chi connectivity index (χ1v) is 5.40. The van der Waals surface area contributed by atoms with Crippen LogP contribution in [0.15, 0.2) is 18.2 Å². The molecule has 0 saturated heterocycles. The van der Waals surface area contributed by atoms with Crippen molar-refractivity contribution in [1.82, 2.24) is 0 Å². The Morgan fingerprint density at radius 2 is 2.00 bits per heavy atom. The van der Waals surface area contributed by atoms with Crippen molar-refractivity contribution in [3.05, 3.63) is 23.8 Å². The molecule has 0 aliphatic carbocycles. The molecule has 3 N–H and O–H groups in total. The molecule has 0 aromatic heterocycles. The predicted octanol–water partition coefficient (Wildman–Crippen LogP) is 1.02. The molecular formula is C12H19NO3. The highest BCUT2D eigenvalue weighted by molar-refractivity contribution is 5.58. The van der Waals surface area contributed by atoms with E-state index in [0.717, 1.165) is 12.1 Å². The molecule has 0 bridgehead atoms. The third kappa shape index (κ3) is 3.12. The Bertz CT molecular complexity index is 324. The van der Waals surface area contributed by atoms with Crippen LogP contribution in [0.4, 0.5) is 5.69 Å². The maximum Gasteiger partial charge on any atom is 0.141 e. The van der Waals surface area contributed by atoms with Crippen molar-refractivity contribution in [1.29, 1.82) is 0 Å². The van der Waals surface area contributed by atoms with Gasteiger partial charge >= 0.3 is 0 Å². The normalized spacial score (nSPS) is 10.6. The second-order valence-electron chi connectivity index (χ2n) is 3.59. The van der Waals surface area contributed by atoms with Gasteiger partial charge in [-0.15, -0.1) is 0 Å². The van der Waals surface area contributed by atoms with Gasteiger partial charge in [-0.25, -0.2) is 0 Å². The van der Waals surface area contributed by atoms with Crippen LogP contribution in [0.25, 0.3) is 0 Å². The summed E-state index contributed by atoms with van der Waals surface area (Å²) in [5.74, 6) is 0.712. The van der Waals surface area contributed by atoms with E-state index >= 15 is 0 Å². The fourth-order valence-corrected chi connectivity index (χ4v) is 1.46. The van der Waals surface area contributed by atoms with Crippen molar-refractivity contribution in [2.45, 2.75) is 19.4 Å². The molecule has 1 rings (SSSR count). The van der Waals surface area contributed by atoms with Crippen LogP contribution in [0.1, 0.15) is 12.5 Å². The number of aryl methyl sites for hydroxylation is 1. The zero-order valence-electron chi connectivity index (χ0n) is 9.73. The number of aliphatic hydroxyl groups excluding tert-OH is 2. The number of nitrogens with one attached hydrogen (secondary N) is 1. The SMILES string of the molecule is CCc1ccc(OC)c(NC(CO)CO)c1. The zero-order chi connectivity index (χ0) is 12.0. The number of benzene rings is 1. The van der Waals surface area contributed by atoms with Crippen LogP contribution < -0.4 is 10.1 Å². The van der Waals surface area contributed by atoms with Crippen molar-refractivity contribution in [2.24, 2.45) is 0 Å². The Hall–Kier alpha value is -1.26. The number of ether oxygens (including phenoxy) is 1. The van der Waals surface area contributed by atoms with Gasteiger partial charge in [0.05, 0.1) is 32.1 Å². The van der Waals surface area contributed by atoms with Gasteiger partial charge in [-0.1, -0.05) is 13.0 Å². The second-order valence-corrected chi connectivity index (χ2v) is 3.59. The van der Waals surface area contributed by atoms with Gasteiger partial charge in [0.2, 0.25) is 0 Å². The summed E-state index contributed by atoms with van der Waals surface area (Å²) in [6.07, 6.45) is 0.932. The number of hydrogen-bond acceptors (Lipinski definition) is 4. The van der Waals surface area contributed by atoms with Crippen molar-refractivity contribution in [3.8, 4) is 5.75 Å². The van der Waals surface area contributed by atoms with Crippen LogP contribution in [0, 0.1) is 0 Å². The summed E-state index contributed by atoms with van der Waals surface area (Å²) in [4.78, 5) is 0. The fourth-order valence-electron chi connectivity index (χ4n) is 1.46. The molecule has 0 atom stereocenters. The van der Waals surface area contributed by atoms with Crippen molar-refractivity contribution >= 4 is 5.69 Å². The third-order valence-electron chi connectivity index (χ3n) is 2.47. The lowest BCUT2D eigenvalue weighted by Crippen LogP contribution is -2.27. The maximum atomic E-state index is 9.01. The van der Waals surface area contributed by atoms with Gasteiger partial charge in [-0.05, 0) is 24.1 Å². The van der Waals surface area contributed by atoms with Gasteiger partial charge in [0.1, 0.15) is 5.75 Å². The van der Waals surface area contributed by atoms with E-state index in [-0.39, 0.29) is 19.3 Å². The Labute approximate surface area is 95.9 Å². The standard InChI is InChI=1S/C12H19NO3/c1-3-9-4-5-12(16-2)11(6-9)13-10(7-14)8-15/h4-6,10,13-15H,3,7-8H2,1-2H3. The first-order valence-electron chi connectivity index (χ1n) is 5.40. The number of methoxy groups -OCH3 is 1. The number of aliphatic hydroxyl groups is 2. The Balaban J connectivity index is 2.90. The topological polar surface area (TPSA) is 61.7 Å². The van der Waals surface area contributed by atoms with Crippen LogP contribution in [0.5, 0.6) is 5.75 Å². The molecule has 90 valence electrons. The summed E-state index contributed by atoms with van der Waals surface area (Å²) < 4.78 is 5.21. The minimum atomic E-state index is -0.360. The zero-order valence-corrected chi connectivity index (χ0v) is 9.73. The monoisotopic (exact) mass is 225 g/mol. The van der Waals surface area contributed by atoms with Gasteiger partial charge in [-0.3, -0.25) is 0 Å². The van der Waals surface area contributed by atoms with E-state index < -0.39 is 0 Å². The van der Waals surface area contributed by atoms with E-state index in [0.29, 0.717) is 5.75 Å². The first kappa shape index (κ1) is 12.8. The highest BCUT2D eigenvalue weighted by atomic mass is 16.5. The predicted molar refractivity (Wildman–Crippen MR) is 64.0 cm³/mol. The highest BCUT2D eigenvalue weighted by Gasteiger charge is 2.09. The number of anilines is 1. The largest absolute Gasteiger partial charge is 0.495 e. The Kier molecular flexibility index (Phi) is 5.08. The molecule has 0 spiro atoms. The van der Waals surface area contributed by atoms with Gasteiger partial charge in [-0.2, -0.15) is 0 Å². The molecule has 0 radical (unpaired) electrons. The molecule has 1 aromatic carbocycles. The van der Waals surface area contributed by atoms with Crippen molar-refractivity contribution in [2.75, 3.05) is 25.6 Å². The lowest BCUT2D eigenvalue weighted by molar-refractivity contribution is 0.203. The summed E-state index contributed by atoms with van der Waals surface area (Å²) in [5, 5.41) is 21.1. The molecule has 4 heteroatoms. The van der Waals surface area contributed by atoms with E-state index in [2.05, 4.69) is 12.2 Å². The Morgan fingerprint density at radius 1 is 1.31 bits per heavy atom. The quantitative estimate of drug-likeness (QED) is 0.676. The molecule has 0 amide bonds. The third-order valence-corrected chi connectivity index (χ3v) is 2.47. The molecule has 0 aliphatic heterocycles. The summed E-state index contributed by atoms with van der Waals surface area (Å²) in [5.41, 5.74) is 1.98. The van der Waals surface area contributed by atoms with E-state index in [1.165, 1.54) is 5.56 Å². The molecule has 1 aromatic rings. The maximum absolute atomic E-state index is 9.01. The lowest BCUT2D eigenvalue weighted by Gasteiger charge is -2.18. The van der Waals surface area contributed by atoms with Crippen molar-refractivity contribution in [3.63, 3.8) is 0 Å². The molecular weight excluding hydrogens is 206 g/mol. The molecule has 0 aliphatic rings. The van der Waals surface area contributed by atoms with Gasteiger partial charge in [0.25, 0.3) is 0 Å². The van der Waals surface area contributed by atoms with Crippen LogP contribution in [0.3, 0.4) is 0 Å². The van der Waals surface area contributed by atoms with Crippen LogP contribution in [-0.2, 0) is 6.42 Å². The van der Waals surface area contributed by atoms with Gasteiger partial charge < -0.3 is 20.3 Å². The molecule has 16 heavy (non-hydrogen) atoms. The lowest BCUT2D eigenvalue weighted by atomic mass is 10.1. The van der Waals surface area contributed by atoms with Crippen LogP contribution in [-0.4, -0.2) is 36.6 Å². The number of hydrogen-bond donors (Lipinski definition) is 3.